The van der Waals surface area contributed by atoms with E-state index in [1.54, 1.807) is 12.1 Å². The van der Waals surface area contributed by atoms with Crippen LogP contribution in [0.1, 0.15) is 13.8 Å². The molecule has 0 saturated carbocycles. The number of nitrogen functional groups attached to an aromatic ring is 1. The molecule has 1 heterocycles. The van der Waals surface area contributed by atoms with Crippen LogP contribution >= 0.6 is 0 Å². The van der Waals surface area contributed by atoms with Gasteiger partial charge in [0.1, 0.15) is 12.4 Å². The van der Waals surface area contributed by atoms with Gasteiger partial charge < -0.3 is 14.9 Å². The summed E-state index contributed by atoms with van der Waals surface area (Å²) in [5, 5.41) is 0. The molecule has 0 atom stereocenters. The SMILES string of the molecule is CC(C)OCCOc1cccc(NN)n1. The molecule has 3 N–H and O–H groups in total. The third-order valence-electron chi connectivity index (χ3n) is 1.66. The Hall–Kier alpha value is -1.33. The second kappa shape index (κ2) is 6.21. The van der Waals surface area contributed by atoms with Crippen molar-refractivity contribution in [1.82, 2.24) is 4.98 Å². The zero-order valence-corrected chi connectivity index (χ0v) is 9.06. The van der Waals surface area contributed by atoms with Crippen molar-refractivity contribution in [2.45, 2.75) is 20.0 Å². The molecule has 0 aliphatic rings. The van der Waals surface area contributed by atoms with E-state index in [4.69, 9.17) is 15.3 Å². The Morgan fingerprint density at radius 1 is 1.40 bits per heavy atom. The van der Waals surface area contributed by atoms with Gasteiger partial charge in [-0.05, 0) is 19.9 Å². The lowest BCUT2D eigenvalue weighted by Crippen LogP contribution is -2.13. The quantitative estimate of drug-likeness (QED) is 0.420. The van der Waals surface area contributed by atoms with Crippen LogP contribution in [0.5, 0.6) is 5.88 Å². The van der Waals surface area contributed by atoms with Crippen molar-refractivity contribution >= 4 is 5.82 Å². The fourth-order valence-corrected chi connectivity index (χ4v) is 1.01. The highest BCUT2D eigenvalue weighted by Gasteiger charge is 1.98. The maximum atomic E-state index is 5.37. The third-order valence-corrected chi connectivity index (χ3v) is 1.66. The third kappa shape index (κ3) is 4.62. The summed E-state index contributed by atoms with van der Waals surface area (Å²) in [4.78, 5) is 4.09. The Kier molecular flexibility index (Phi) is 4.86. The predicted octanol–water partition coefficient (Wildman–Crippen LogP) is 1.17. The van der Waals surface area contributed by atoms with Gasteiger partial charge in [-0.2, -0.15) is 4.98 Å². The second-order valence-corrected chi connectivity index (χ2v) is 3.27. The Morgan fingerprint density at radius 2 is 2.20 bits per heavy atom. The number of nitrogens with two attached hydrogens (primary N) is 1. The molecule has 0 aliphatic carbocycles. The average molecular weight is 211 g/mol. The Balaban J connectivity index is 2.30. The fraction of sp³-hybridized carbons (Fsp3) is 0.500. The lowest BCUT2D eigenvalue weighted by atomic mass is 10.4. The number of hydrogen-bond donors (Lipinski definition) is 2. The van der Waals surface area contributed by atoms with Crippen LogP contribution in [0, 0.1) is 0 Å². The number of nitrogens with zero attached hydrogens (tertiary/aromatic N) is 1. The molecule has 0 radical (unpaired) electrons. The minimum absolute atomic E-state index is 0.221. The van der Waals surface area contributed by atoms with Crippen molar-refractivity contribution in [2.24, 2.45) is 5.84 Å². The molecule has 0 amide bonds. The van der Waals surface area contributed by atoms with E-state index in [9.17, 15) is 0 Å². The van der Waals surface area contributed by atoms with Crippen LogP contribution in [-0.4, -0.2) is 24.3 Å². The summed E-state index contributed by atoms with van der Waals surface area (Å²) in [5.41, 5.74) is 2.45. The van der Waals surface area contributed by atoms with Gasteiger partial charge in [0.25, 0.3) is 0 Å². The lowest BCUT2D eigenvalue weighted by molar-refractivity contribution is 0.0543. The molecule has 5 nitrogen and oxygen atoms in total. The van der Waals surface area contributed by atoms with Crippen molar-refractivity contribution < 1.29 is 9.47 Å². The molecule has 84 valence electrons. The summed E-state index contributed by atoms with van der Waals surface area (Å²) < 4.78 is 10.7. The molecule has 0 spiro atoms. The van der Waals surface area contributed by atoms with Crippen LogP contribution in [0.3, 0.4) is 0 Å². The van der Waals surface area contributed by atoms with Crippen LogP contribution in [0.2, 0.25) is 0 Å². The molecule has 0 fully saturated rings. The van der Waals surface area contributed by atoms with Gasteiger partial charge in [-0.3, -0.25) is 0 Å². The molecule has 15 heavy (non-hydrogen) atoms. The van der Waals surface area contributed by atoms with Gasteiger partial charge in [0, 0.05) is 6.07 Å². The van der Waals surface area contributed by atoms with E-state index in [1.165, 1.54) is 0 Å². The zero-order valence-electron chi connectivity index (χ0n) is 9.06. The number of hydrogen-bond acceptors (Lipinski definition) is 5. The van der Waals surface area contributed by atoms with Gasteiger partial charge in [0.15, 0.2) is 0 Å². The first-order valence-corrected chi connectivity index (χ1v) is 4.90. The summed E-state index contributed by atoms with van der Waals surface area (Å²) >= 11 is 0. The number of hydrazine groups is 1. The number of anilines is 1. The van der Waals surface area contributed by atoms with E-state index in [1.807, 2.05) is 19.9 Å². The van der Waals surface area contributed by atoms with Gasteiger partial charge in [-0.25, -0.2) is 5.84 Å². The highest BCUT2D eigenvalue weighted by atomic mass is 16.5. The normalized spacial score (nSPS) is 10.4. The highest BCUT2D eigenvalue weighted by molar-refractivity contribution is 5.35. The summed E-state index contributed by atoms with van der Waals surface area (Å²) in [6, 6.07) is 5.36. The molecule has 0 aromatic carbocycles. The molecule has 1 aromatic heterocycles. The van der Waals surface area contributed by atoms with Crippen LogP contribution in [0.15, 0.2) is 18.2 Å². The molecule has 5 heteroatoms. The lowest BCUT2D eigenvalue weighted by Gasteiger charge is -2.09. The van der Waals surface area contributed by atoms with E-state index in [0.29, 0.717) is 24.9 Å². The minimum Gasteiger partial charge on any atom is -0.475 e. The zero-order chi connectivity index (χ0) is 11.1. The summed E-state index contributed by atoms with van der Waals surface area (Å²) in [6.07, 6.45) is 0.221. The highest BCUT2D eigenvalue weighted by Crippen LogP contribution is 2.09. The number of aromatic nitrogens is 1. The fourth-order valence-electron chi connectivity index (χ4n) is 1.01. The predicted molar refractivity (Wildman–Crippen MR) is 58.6 cm³/mol. The first-order chi connectivity index (χ1) is 7.22. The van der Waals surface area contributed by atoms with Crippen molar-refractivity contribution in [3.05, 3.63) is 18.2 Å². The van der Waals surface area contributed by atoms with Gasteiger partial charge in [0.2, 0.25) is 5.88 Å². The summed E-state index contributed by atoms with van der Waals surface area (Å²) in [7, 11) is 0. The Bertz CT molecular complexity index is 292. The van der Waals surface area contributed by atoms with E-state index in [2.05, 4.69) is 10.4 Å². The number of ether oxygens (including phenoxy) is 2. The topological polar surface area (TPSA) is 69.4 Å². The Labute approximate surface area is 89.6 Å². The van der Waals surface area contributed by atoms with Gasteiger partial charge >= 0.3 is 0 Å². The maximum absolute atomic E-state index is 5.37. The minimum atomic E-state index is 0.221. The van der Waals surface area contributed by atoms with Crippen molar-refractivity contribution in [1.29, 1.82) is 0 Å². The van der Waals surface area contributed by atoms with E-state index < -0.39 is 0 Å². The van der Waals surface area contributed by atoms with Gasteiger partial charge in [0.05, 0.1) is 12.7 Å². The Morgan fingerprint density at radius 3 is 2.87 bits per heavy atom. The molecule has 1 aromatic rings. The molecule has 0 unspecified atom stereocenters. The number of nitrogens with one attached hydrogen (secondary N) is 1. The van der Waals surface area contributed by atoms with Gasteiger partial charge in [-0.1, -0.05) is 6.07 Å². The average Bonchev–Trinajstić information content (AvgIpc) is 2.24. The molecule has 1 rings (SSSR count). The van der Waals surface area contributed by atoms with E-state index >= 15 is 0 Å². The first-order valence-electron chi connectivity index (χ1n) is 4.90. The van der Waals surface area contributed by atoms with Crippen molar-refractivity contribution in [2.75, 3.05) is 18.6 Å². The summed E-state index contributed by atoms with van der Waals surface area (Å²) in [5.74, 6) is 6.34. The monoisotopic (exact) mass is 211 g/mol. The molecule has 0 bridgehead atoms. The van der Waals surface area contributed by atoms with Crippen LogP contribution in [-0.2, 0) is 4.74 Å². The largest absolute Gasteiger partial charge is 0.475 e. The molecule has 0 aliphatic heterocycles. The molecular formula is C10H17N3O2. The molecular weight excluding hydrogens is 194 g/mol. The standard InChI is InChI=1S/C10H17N3O2/c1-8(2)14-6-7-15-10-5-3-4-9(12-10)13-11/h3-5,8H,6-7,11H2,1-2H3,(H,12,13). The van der Waals surface area contributed by atoms with Crippen LogP contribution < -0.4 is 16.0 Å². The van der Waals surface area contributed by atoms with Crippen molar-refractivity contribution in [3.63, 3.8) is 0 Å². The molecule has 0 saturated heterocycles. The van der Waals surface area contributed by atoms with Crippen LogP contribution in [0.25, 0.3) is 0 Å². The first kappa shape index (κ1) is 11.7. The van der Waals surface area contributed by atoms with Crippen LogP contribution in [0.4, 0.5) is 5.82 Å². The number of pyridine rings is 1. The number of rotatable bonds is 6. The van der Waals surface area contributed by atoms with E-state index in [-0.39, 0.29) is 6.10 Å². The van der Waals surface area contributed by atoms with E-state index in [0.717, 1.165) is 0 Å². The van der Waals surface area contributed by atoms with Gasteiger partial charge in [-0.15, -0.1) is 0 Å². The van der Waals surface area contributed by atoms with Crippen molar-refractivity contribution in [3.8, 4) is 5.88 Å². The summed E-state index contributed by atoms with van der Waals surface area (Å²) in [6.45, 7) is 5.01. The second-order valence-electron chi connectivity index (χ2n) is 3.27. The smallest absolute Gasteiger partial charge is 0.215 e. The maximum Gasteiger partial charge on any atom is 0.215 e.